The smallest absolute Gasteiger partial charge is 0.157 e. The molecule has 2 aromatic heterocycles. The monoisotopic (exact) mass is 205 g/mol. The predicted molar refractivity (Wildman–Crippen MR) is 50.6 cm³/mol. The number of tetrazole rings is 1. The normalized spacial score (nSPS) is 9.93. The summed E-state index contributed by atoms with van der Waals surface area (Å²) in [7, 11) is 0. The number of aromatic nitrogens is 4. The van der Waals surface area contributed by atoms with Crippen LogP contribution in [0.5, 0.6) is 0 Å². The van der Waals surface area contributed by atoms with Gasteiger partial charge >= 0.3 is 0 Å². The zero-order valence-corrected chi connectivity index (χ0v) is 8.11. The summed E-state index contributed by atoms with van der Waals surface area (Å²) in [5.74, 6) is 0.731. The van der Waals surface area contributed by atoms with Gasteiger partial charge in [0.1, 0.15) is 6.54 Å². The SMILES string of the molecule is N#CCn1nnnc1Cc1cccs1. The minimum atomic E-state index is 0.202. The molecule has 0 atom stereocenters. The zero-order valence-electron chi connectivity index (χ0n) is 7.29. The van der Waals surface area contributed by atoms with Crippen molar-refractivity contribution in [1.82, 2.24) is 20.2 Å². The first-order valence-corrected chi connectivity index (χ1v) is 4.92. The van der Waals surface area contributed by atoms with Gasteiger partial charge in [0.15, 0.2) is 5.82 Å². The third-order valence-electron chi connectivity index (χ3n) is 1.74. The minimum Gasteiger partial charge on any atom is -0.215 e. The second-order valence-corrected chi connectivity index (χ2v) is 3.70. The van der Waals surface area contributed by atoms with E-state index in [2.05, 4.69) is 15.5 Å². The Kier molecular flexibility index (Phi) is 2.51. The van der Waals surface area contributed by atoms with E-state index in [4.69, 9.17) is 5.26 Å². The van der Waals surface area contributed by atoms with Gasteiger partial charge in [0.25, 0.3) is 0 Å². The minimum absolute atomic E-state index is 0.202. The molecule has 0 saturated heterocycles. The lowest BCUT2D eigenvalue weighted by atomic mass is 10.3. The predicted octanol–water partition coefficient (Wildman–Crippen LogP) is 0.849. The van der Waals surface area contributed by atoms with E-state index in [1.807, 2.05) is 23.6 Å². The Labute approximate surface area is 84.6 Å². The molecule has 0 amide bonds. The van der Waals surface area contributed by atoms with Gasteiger partial charge < -0.3 is 0 Å². The molecule has 0 unspecified atom stereocenters. The molecule has 0 spiro atoms. The van der Waals surface area contributed by atoms with Crippen molar-refractivity contribution in [2.24, 2.45) is 0 Å². The van der Waals surface area contributed by atoms with E-state index in [0.29, 0.717) is 6.42 Å². The first kappa shape index (κ1) is 8.84. The van der Waals surface area contributed by atoms with Crippen LogP contribution in [0.4, 0.5) is 0 Å². The summed E-state index contributed by atoms with van der Waals surface area (Å²) in [6, 6.07) is 6.02. The number of thiophene rings is 1. The molecule has 14 heavy (non-hydrogen) atoms. The van der Waals surface area contributed by atoms with Crippen LogP contribution in [0.15, 0.2) is 17.5 Å². The van der Waals surface area contributed by atoms with Crippen LogP contribution in [0.2, 0.25) is 0 Å². The van der Waals surface area contributed by atoms with Gasteiger partial charge in [-0.05, 0) is 21.9 Å². The van der Waals surface area contributed by atoms with Crippen LogP contribution in [-0.2, 0) is 13.0 Å². The van der Waals surface area contributed by atoms with Gasteiger partial charge in [0.2, 0.25) is 0 Å². The van der Waals surface area contributed by atoms with Crippen molar-refractivity contribution >= 4 is 11.3 Å². The summed E-state index contributed by atoms with van der Waals surface area (Å²) < 4.78 is 1.51. The van der Waals surface area contributed by atoms with Gasteiger partial charge in [-0.3, -0.25) is 0 Å². The molecule has 6 heteroatoms. The Morgan fingerprint density at radius 2 is 2.50 bits per heavy atom. The molecule has 0 fully saturated rings. The summed E-state index contributed by atoms with van der Waals surface area (Å²) in [5, 5.41) is 21.7. The lowest BCUT2D eigenvalue weighted by Gasteiger charge is -1.96. The molecule has 0 bridgehead atoms. The Morgan fingerprint density at radius 3 is 3.21 bits per heavy atom. The van der Waals surface area contributed by atoms with Gasteiger partial charge in [-0.1, -0.05) is 6.07 Å². The Hall–Kier alpha value is -1.74. The summed E-state index contributed by atoms with van der Waals surface area (Å²) in [6.45, 7) is 0.202. The molecule has 2 aromatic rings. The third-order valence-corrected chi connectivity index (χ3v) is 2.62. The average molecular weight is 205 g/mol. The quantitative estimate of drug-likeness (QED) is 0.745. The van der Waals surface area contributed by atoms with Crippen LogP contribution in [0, 0.1) is 11.3 Å². The number of hydrogen-bond acceptors (Lipinski definition) is 5. The number of nitrogens with zero attached hydrogens (tertiary/aromatic N) is 5. The summed E-state index contributed by atoms with van der Waals surface area (Å²) >= 11 is 1.66. The zero-order chi connectivity index (χ0) is 9.80. The molecular formula is C8H7N5S. The summed E-state index contributed by atoms with van der Waals surface area (Å²) in [6.07, 6.45) is 0.687. The largest absolute Gasteiger partial charge is 0.215 e. The van der Waals surface area contributed by atoms with Crippen molar-refractivity contribution in [1.29, 1.82) is 5.26 Å². The molecule has 70 valence electrons. The van der Waals surface area contributed by atoms with Crippen molar-refractivity contribution in [3.05, 3.63) is 28.2 Å². The molecule has 0 N–H and O–H groups in total. The van der Waals surface area contributed by atoms with Crippen LogP contribution in [-0.4, -0.2) is 20.2 Å². The van der Waals surface area contributed by atoms with Crippen LogP contribution in [0.25, 0.3) is 0 Å². The fraction of sp³-hybridized carbons (Fsp3) is 0.250. The van der Waals surface area contributed by atoms with E-state index >= 15 is 0 Å². The molecular weight excluding hydrogens is 198 g/mol. The van der Waals surface area contributed by atoms with Crippen LogP contribution < -0.4 is 0 Å². The number of nitriles is 1. The van der Waals surface area contributed by atoms with Gasteiger partial charge in [-0.2, -0.15) is 5.26 Å². The molecule has 0 aliphatic rings. The van der Waals surface area contributed by atoms with E-state index in [0.717, 1.165) is 5.82 Å². The Balaban J connectivity index is 2.17. The van der Waals surface area contributed by atoms with E-state index in [9.17, 15) is 0 Å². The maximum atomic E-state index is 8.52. The highest BCUT2D eigenvalue weighted by atomic mass is 32.1. The average Bonchev–Trinajstić information content (AvgIpc) is 2.80. The highest BCUT2D eigenvalue weighted by Gasteiger charge is 2.06. The fourth-order valence-electron chi connectivity index (χ4n) is 1.11. The molecule has 5 nitrogen and oxygen atoms in total. The van der Waals surface area contributed by atoms with Crippen molar-refractivity contribution in [2.45, 2.75) is 13.0 Å². The molecule has 0 aliphatic heterocycles. The summed E-state index contributed by atoms with van der Waals surface area (Å²) in [4.78, 5) is 1.19. The second kappa shape index (κ2) is 3.98. The van der Waals surface area contributed by atoms with Crippen molar-refractivity contribution in [3.63, 3.8) is 0 Å². The highest BCUT2D eigenvalue weighted by molar-refractivity contribution is 7.09. The van der Waals surface area contributed by atoms with Crippen LogP contribution in [0.3, 0.4) is 0 Å². The van der Waals surface area contributed by atoms with Gasteiger partial charge in [-0.15, -0.1) is 16.4 Å². The lowest BCUT2D eigenvalue weighted by Crippen LogP contribution is -2.04. The Bertz CT molecular complexity index is 438. The van der Waals surface area contributed by atoms with E-state index < -0.39 is 0 Å². The molecule has 0 saturated carbocycles. The highest BCUT2D eigenvalue weighted by Crippen LogP contribution is 2.12. The third kappa shape index (κ3) is 1.78. The first-order valence-electron chi connectivity index (χ1n) is 4.04. The topological polar surface area (TPSA) is 67.4 Å². The maximum absolute atomic E-state index is 8.52. The van der Waals surface area contributed by atoms with Crippen molar-refractivity contribution < 1.29 is 0 Å². The van der Waals surface area contributed by atoms with Crippen molar-refractivity contribution in [2.75, 3.05) is 0 Å². The van der Waals surface area contributed by atoms with E-state index in [1.165, 1.54) is 9.56 Å². The standard InChI is InChI=1S/C8H7N5S/c9-3-4-13-8(10-11-12-13)6-7-2-1-5-14-7/h1-2,5H,4,6H2. The van der Waals surface area contributed by atoms with Gasteiger partial charge in [-0.25, -0.2) is 4.68 Å². The maximum Gasteiger partial charge on any atom is 0.157 e. The number of hydrogen-bond donors (Lipinski definition) is 0. The Morgan fingerprint density at radius 1 is 1.57 bits per heavy atom. The molecule has 0 radical (unpaired) electrons. The van der Waals surface area contributed by atoms with E-state index in [-0.39, 0.29) is 6.54 Å². The molecule has 2 rings (SSSR count). The van der Waals surface area contributed by atoms with Crippen LogP contribution >= 0.6 is 11.3 Å². The first-order chi connectivity index (χ1) is 6.90. The molecule has 2 heterocycles. The molecule has 0 aromatic carbocycles. The second-order valence-electron chi connectivity index (χ2n) is 2.67. The lowest BCUT2D eigenvalue weighted by molar-refractivity contribution is 0.643. The van der Waals surface area contributed by atoms with Crippen molar-refractivity contribution in [3.8, 4) is 6.07 Å². The number of rotatable bonds is 3. The summed E-state index contributed by atoms with van der Waals surface area (Å²) in [5.41, 5.74) is 0. The van der Waals surface area contributed by atoms with Crippen LogP contribution in [0.1, 0.15) is 10.7 Å². The van der Waals surface area contributed by atoms with Gasteiger partial charge in [0, 0.05) is 11.3 Å². The van der Waals surface area contributed by atoms with E-state index in [1.54, 1.807) is 11.3 Å². The molecule has 0 aliphatic carbocycles. The fourth-order valence-corrected chi connectivity index (χ4v) is 1.81. The van der Waals surface area contributed by atoms with Gasteiger partial charge in [0.05, 0.1) is 6.07 Å².